The summed E-state index contributed by atoms with van der Waals surface area (Å²) in [4.78, 5) is 0. The minimum Gasteiger partial charge on any atom is -0.235 e. The fourth-order valence-corrected chi connectivity index (χ4v) is 2.58. The van der Waals surface area contributed by atoms with Crippen molar-refractivity contribution in [2.24, 2.45) is 0 Å². The lowest BCUT2D eigenvalue weighted by molar-refractivity contribution is -0.267. The maximum Gasteiger partial charge on any atom is 0.429 e. The molecule has 0 aliphatic carbocycles. The first-order chi connectivity index (χ1) is 6.81. The Morgan fingerprint density at radius 3 is 1.50 bits per heavy atom. The number of rotatable bonds is 0. The van der Waals surface area contributed by atoms with Gasteiger partial charge in [-0.25, -0.2) is 21.6 Å². The third-order valence-corrected chi connectivity index (χ3v) is 3.93. The highest BCUT2D eigenvalue weighted by Gasteiger charge is 2.86. The summed E-state index contributed by atoms with van der Waals surface area (Å²) >= 11 is 0. The molecule has 0 radical (unpaired) electrons. The van der Waals surface area contributed by atoms with Gasteiger partial charge < -0.3 is 0 Å². The van der Waals surface area contributed by atoms with Crippen LogP contribution in [0.15, 0.2) is 0 Å². The maximum absolute atomic E-state index is 12.9. The van der Waals surface area contributed by atoms with Crippen molar-refractivity contribution in [2.45, 2.75) is 28.8 Å². The van der Waals surface area contributed by atoms with Crippen LogP contribution in [-0.2, 0) is 9.84 Å². The molecule has 3 atom stereocenters. The Bertz CT molecular complexity index is 399. The average Bonchev–Trinajstić information content (AvgIpc) is 2.18. The maximum atomic E-state index is 12.9. The zero-order valence-corrected chi connectivity index (χ0v) is 7.72. The summed E-state index contributed by atoms with van der Waals surface area (Å²) < 4.78 is 119. The summed E-state index contributed by atoms with van der Waals surface area (Å²) in [5.74, 6) is 0. The zero-order valence-electron chi connectivity index (χ0n) is 6.90. The van der Waals surface area contributed by atoms with Gasteiger partial charge in [0, 0.05) is 0 Å². The van der Waals surface area contributed by atoms with Gasteiger partial charge >= 0.3 is 11.4 Å². The van der Waals surface area contributed by atoms with Crippen LogP contribution < -0.4 is 0 Å². The van der Waals surface area contributed by atoms with E-state index in [1.165, 1.54) is 0 Å². The second-order valence-corrected chi connectivity index (χ2v) is 5.10. The van der Waals surface area contributed by atoms with Crippen LogP contribution in [0.25, 0.3) is 0 Å². The molecule has 3 unspecified atom stereocenters. The number of halogens is 8. The summed E-state index contributed by atoms with van der Waals surface area (Å²) in [6.45, 7) is 0. The third-order valence-electron chi connectivity index (χ3n) is 2.08. The smallest absolute Gasteiger partial charge is 0.235 e. The quantitative estimate of drug-likeness (QED) is 0.634. The average molecular weight is 278 g/mol. The molecule has 1 rings (SSSR count). The Hall–Kier alpha value is -0.610. The van der Waals surface area contributed by atoms with E-state index >= 15 is 0 Å². The Morgan fingerprint density at radius 1 is 1.00 bits per heavy atom. The van der Waals surface area contributed by atoms with Gasteiger partial charge in [0.1, 0.15) is 0 Å². The lowest BCUT2D eigenvalue weighted by atomic mass is 10.0. The molecule has 2 nitrogen and oxygen atoms in total. The van der Waals surface area contributed by atoms with E-state index in [2.05, 4.69) is 0 Å². The third kappa shape index (κ3) is 1.20. The summed E-state index contributed by atoms with van der Waals surface area (Å²) in [6.07, 6.45) is -11.2. The Labute approximate surface area is 83.1 Å². The van der Waals surface area contributed by atoms with E-state index in [4.69, 9.17) is 0 Å². The minimum absolute atomic E-state index is 4.69. The molecule has 0 saturated carbocycles. The van der Waals surface area contributed by atoms with E-state index in [-0.39, 0.29) is 0 Å². The highest BCUT2D eigenvalue weighted by molar-refractivity contribution is 7.93. The van der Waals surface area contributed by atoms with Gasteiger partial charge in [-0.15, -0.1) is 0 Å². The standard InChI is InChI=1S/C5H2F8O2S/c6-1-3(8,5(11,12)13)2(7)16(14,15)4(1,9)10/h1-2H. The van der Waals surface area contributed by atoms with Crippen molar-refractivity contribution < 1.29 is 43.5 Å². The lowest BCUT2D eigenvalue weighted by Gasteiger charge is -2.25. The van der Waals surface area contributed by atoms with Crippen LogP contribution in [0.5, 0.6) is 0 Å². The van der Waals surface area contributed by atoms with E-state index in [1.807, 2.05) is 0 Å². The molecule has 16 heavy (non-hydrogen) atoms. The highest BCUT2D eigenvalue weighted by atomic mass is 32.2. The van der Waals surface area contributed by atoms with Crippen molar-refractivity contribution in [1.29, 1.82) is 0 Å². The zero-order chi connectivity index (χ0) is 13.2. The van der Waals surface area contributed by atoms with Crippen molar-refractivity contribution in [3.8, 4) is 0 Å². The van der Waals surface area contributed by atoms with Crippen LogP contribution in [0.1, 0.15) is 0 Å². The van der Waals surface area contributed by atoms with Gasteiger partial charge in [-0.2, -0.15) is 22.0 Å². The first-order valence-electron chi connectivity index (χ1n) is 3.46. The molecule has 0 spiro atoms. The predicted octanol–water partition coefficient (Wildman–Crippen LogP) is 1.91. The number of sulfone groups is 1. The van der Waals surface area contributed by atoms with E-state index in [0.29, 0.717) is 0 Å². The molecule has 96 valence electrons. The molecule has 0 aromatic rings. The van der Waals surface area contributed by atoms with Crippen LogP contribution in [0.4, 0.5) is 35.1 Å². The van der Waals surface area contributed by atoms with Gasteiger partial charge in [0.15, 0.2) is 0 Å². The number of hydrogen-bond donors (Lipinski definition) is 0. The summed E-state index contributed by atoms with van der Waals surface area (Å²) in [5, 5.41) is -5.75. The van der Waals surface area contributed by atoms with E-state index in [1.54, 1.807) is 0 Å². The predicted molar refractivity (Wildman–Crippen MR) is 33.6 cm³/mol. The van der Waals surface area contributed by atoms with Gasteiger partial charge in [0.25, 0.3) is 21.0 Å². The minimum atomic E-state index is -6.51. The molecule has 0 amide bonds. The molecular formula is C5H2F8O2S. The first-order valence-corrected chi connectivity index (χ1v) is 5.01. The first kappa shape index (κ1) is 13.5. The molecule has 1 fully saturated rings. The fraction of sp³-hybridized carbons (Fsp3) is 1.00. The number of alkyl halides is 8. The van der Waals surface area contributed by atoms with Crippen molar-refractivity contribution in [1.82, 2.24) is 0 Å². The van der Waals surface area contributed by atoms with E-state index in [9.17, 15) is 43.5 Å². The van der Waals surface area contributed by atoms with Crippen molar-refractivity contribution in [3.05, 3.63) is 0 Å². The van der Waals surface area contributed by atoms with E-state index in [0.717, 1.165) is 0 Å². The second-order valence-electron chi connectivity index (χ2n) is 3.05. The van der Waals surface area contributed by atoms with Gasteiger partial charge in [-0.1, -0.05) is 0 Å². The van der Waals surface area contributed by atoms with E-state index < -0.39 is 38.6 Å². The molecule has 0 aromatic carbocycles. The Morgan fingerprint density at radius 2 is 1.38 bits per heavy atom. The molecular weight excluding hydrogens is 276 g/mol. The van der Waals surface area contributed by atoms with Gasteiger partial charge in [0.05, 0.1) is 0 Å². The molecule has 1 saturated heterocycles. The molecule has 1 heterocycles. The van der Waals surface area contributed by atoms with Gasteiger partial charge in [-0.05, 0) is 0 Å². The van der Waals surface area contributed by atoms with Crippen LogP contribution >= 0.6 is 0 Å². The molecule has 0 bridgehead atoms. The van der Waals surface area contributed by atoms with Gasteiger partial charge in [0.2, 0.25) is 6.17 Å². The normalized spacial score (nSPS) is 42.2. The van der Waals surface area contributed by atoms with Crippen molar-refractivity contribution in [3.63, 3.8) is 0 Å². The molecule has 0 N–H and O–H groups in total. The number of hydrogen-bond acceptors (Lipinski definition) is 2. The van der Waals surface area contributed by atoms with Gasteiger partial charge in [-0.3, -0.25) is 0 Å². The molecule has 11 heteroatoms. The van der Waals surface area contributed by atoms with Crippen LogP contribution in [0.3, 0.4) is 0 Å². The Kier molecular flexibility index (Phi) is 2.51. The van der Waals surface area contributed by atoms with Crippen LogP contribution in [0, 0.1) is 0 Å². The molecule has 1 aliphatic rings. The SMILES string of the molecule is O=S1(=O)C(F)C(F)(C(F)(F)F)C(F)C1(F)F. The highest BCUT2D eigenvalue weighted by Crippen LogP contribution is 2.56. The fourth-order valence-electron chi connectivity index (χ4n) is 1.14. The summed E-state index contributed by atoms with van der Waals surface area (Å²) in [7, 11) is -6.51. The topological polar surface area (TPSA) is 34.1 Å². The Balaban J connectivity index is 3.51. The summed E-state index contributed by atoms with van der Waals surface area (Å²) in [6, 6.07) is 0. The monoisotopic (exact) mass is 278 g/mol. The molecule has 1 aliphatic heterocycles. The van der Waals surface area contributed by atoms with Crippen molar-refractivity contribution in [2.75, 3.05) is 0 Å². The van der Waals surface area contributed by atoms with Crippen molar-refractivity contribution >= 4 is 9.84 Å². The molecule has 0 aromatic heterocycles. The lowest BCUT2D eigenvalue weighted by Crippen LogP contribution is -2.53. The summed E-state index contributed by atoms with van der Waals surface area (Å²) in [5.41, 5.74) is -10.4. The van der Waals surface area contributed by atoms with Crippen LogP contribution in [0.2, 0.25) is 0 Å². The van der Waals surface area contributed by atoms with Crippen LogP contribution in [-0.4, -0.2) is 37.2 Å². The second kappa shape index (κ2) is 2.99. The largest absolute Gasteiger partial charge is 0.429 e.